The smallest absolute Gasteiger partial charge is 0.270 e. The van der Waals surface area contributed by atoms with E-state index in [0.29, 0.717) is 18.7 Å². The van der Waals surface area contributed by atoms with Gasteiger partial charge in [-0.05, 0) is 24.6 Å². The summed E-state index contributed by atoms with van der Waals surface area (Å²) in [6.07, 6.45) is -0.0543. The number of hydrogen-bond acceptors (Lipinski definition) is 5. The standard InChI is InChI=1S/C15H19N3O2S/c1-10-4-2-3-5-11(10)13(19)8-17-15(20)12-9-21-14(18-12)6-7-16/h2-5,9,13,19H,6-8,16H2,1H3,(H,17,20). The summed E-state index contributed by atoms with van der Waals surface area (Å²) in [6, 6.07) is 7.57. The number of aliphatic hydroxyl groups is 1. The molecule has 1 aromatic carbocycles. The predicted octanol–water partition coefficient (Wildman–Crippen LogP) is 1.42. The van der Waals surface area contributed by atoms with E-state index in [-0.39, 0.29) is 12.5 Å². The minimum Gasteiger partial charge on any atom is -0.387 e. The zero-order valence-corrected chi connectivity index (χ0v) is 12.7. The van der Waals surface area contributed by atoms with Crippen LogP contribution < -0.4 is 11.1 Å². The molecule has 0 saturated heterocycles. The number of aliphatic hydroxyl groups excluding tert-OH is 1. The maximum Gasteiger partial charge on any atom is 0.270 e. The summed E-state index contributed by atoms with van der Waals surface area (Å²) in [4.78, 5) is 16.2. The molecule has 4 N–H and O–H groups in total. The quantitative estimate of drug-likeness (QED) is 0.753. The average Bonchev–Trinajstić information content (AvgIpc) is 2.94. The van der Waals surface area contributed by atoms with Gasteiger partial charge in [0, 0.05) is 18.3 Å². The van der Waals surface area contributed by atoms with Gasteiger partial charge in [-0.25, -0.2) is 4.98 Å². The SMILES string of the molecule is Cc1ccccc1C(O)CNC(=O)c1csc(CCN)n1. The van der Waals surface area contributed by atoms with Gasteiger partial charge in [0.25, 0.3) is 5.91 Å². The molecule has 2 aromatic rings. The second kappa shape index (κ2) is 7.31. The number of benzene rings is 1. The minimum atomic E-state index is -0.725. The van der Waals surface area contributed by atoms with E-state index < -0.39 is 6.10 Å². The zero-order chi connectivity index (χ0) is 15.2. The van der Waals surface area contributed by atoms with Crippen LogP contribution in [0.25, 0.3) is 0 Å². The van der Waals surface area contributed by atoms with Gasteiger partial charge in [0.05, 0.1) is 11.1 Å². The number of hydrogen-bond donors (Lipinski definition) is 3. The molecule has 6 heteroatoms. The van der Waals surface area contributed by atoms with Crippen molar-refractivity contribution in [3.8, 4) is 0 Å². The number of amides is 1. The lowest BCUT2D eigenvalue weighted by Crippen LogP contribution is -2.28. The van der Waals surface area contributed by atoms with Gasteiger partial charge in [-0.3, -0.25) is 4.79 Å². The van der Waals surface area contributed by atoms with Crippen LogP contribution in [0.15, 0.2) is 29.6 Å². The molecule has 0 aliphatic heterocycles. The zero-order valence-electron chi connectivity index (χ0n) is 11.9. The van der Waals surface area contributed by atoms with E-state index in [1.54, 1.807) is 5.38 Å². The van der Waals surface area contributed by atoms with Gasteiger partial charge in [0.1, 0.15) is 5.69 Å². The van der Waals surface area contributed by atoms with Crippen LogP contribution in [0.2, 0.25) is 0 Å². The van der Waals surface area contributed by atoms with Crippen LogP contribution in [0.5, 0.6) is 0 Å². The molecule has 1 heterocycles. The first kappa shape index (κ1) is 15.6. The van der Waals surface area contributed by atoms with Crippen molar-refractivity contribution >= 4 is 17.2 Å². The van der Waals surface area contributed by atoms with Gasteiger partial charge >= 0.3 is 0 Å². The Bertz CT molecular complexity index is 612. The van der Waals surface area contributed by atoms with E-state index >= 15 is 0 Å². The highest BCUT2D eigenvalue weighted by Gasteiger charge is 2.14. The third kappa shape index (κ3) is 4.10. The summed E-state index contributed by atoms with van der Waals surface area (Å²) in [6.45, 7) is 2.61. The van der Waals surface area contributed by atoms with Crippen molar-refractivity contribution in [2.24, 2.45) is 5.73 Å². The summed E-state index contributed by atoms with van der Waals surface area (Å²) in [5.74, 6) is -0.276. The van der Waals surface area contributed by atoms with E-state index in [2.05, 4.69) is 10.3 Å². The molecule has 1 aromatic heterocycles. The fourth-order valence-corrected chi connectivity index (χ4v) is 2.80. The van der Waals surface area contributed by atoms with Crippen LogP contribution in [0.3, 0.4) is 0 Å². The Morgan fingerprint density at radius 1 is 1.48 bits per heavy atom. The third-order valence-corrected chi connectivity index (χ3v) is 4.05. The van der Waals surface area contributed by atoms with Gasteiger partial charge < -0.3 is 16.2 Å². The Morgan fingerprint density at radius 3 is 2.95 bits per heavy atom. The Kier molecular flexibility index (Phi) is 5.44. The Morgan fingerprint density at radius 2 is 2.24 bits per heavy atom. The van der Waals surface area contributed by atoms with Crippen molar-refractivity contribution in [2.75, 3.05) is 13.1 Å². The van der Waals surface area contributed by atoms with Crippen LogP contribution >= 0.6 is 11.3 Å². The first-order valence-electron chi connectivity index (χ1n) is 6.78. The van der Waals surface area contributed by atoms with E-state index in [9.17, 15) is 9.90 Å². The lowest BCUT2D eigenvalue weighted by Gasteiger charge is -2.14. The molecule has 0 spiro atoms. The number of aromatic nitrogens is 1. The highest BCUT2D eigenvalue weighted by Crippen LogP contribution is 2.16. The summed E-state index contributed by atoms with van der Waals surface area (Å²) in [5.41, 5.74) is 7.65. The lowest BCUT2D eigenvalue weighted by atomic mass is 10.0. The maximum atomic E-state index is 12.0. The highest BCUT2D eigenvalue weighted by atomic mass is 32.1. The monoisotopic (exact) mass is 305 g/mol. The number of rotatable bonds is 6. The second-order valence-corrected chi connectivity index (χ2v) is 5.69. The molecule has 0 aliphatic carbocycles. The number of carbonyl (C=O) groups excluding carboxylic acids is 1. The third-order valence-electron chi connectivity index (χ3n) is 3.15. The fraction of sp³-hybridized carbons (Fsp3) is 0.333. The van der Waals surface area contributed by atoms with Crippen molar-refractivity contribution in [1.29, 1.82) is 0 Å². The Labute approximate surface area is 127 Å². The van der Waals surface area contributed by atoms with Gasteiger partial charge in [-0.2, -0.15) is 0 Å². The molecular weight excluding hydrogens is 286 g/mol. The molecule has 0 aliphatic rings. The average molecular weight is 305 g/mol. The normalized spacial score (nSPS) is 12.1. The number of nitrogens with one attached hydrogen (secondary N) is 1. The van der Waals surface area contributed by atoms with Crippen LogP contribution in [-0.2, 0) is 6.42 Å². The number of aryl methyl sites for hydroxylation is 1. The van der Waals surface area contributed by atoms with Gasteiger partial charge in [-0.1, -0.05) is 24.3 Å². The molecule has 112 valence electrons. The van der Waals surface area contributed by atoms with Crippen LogP contribution in [-0.4, -0.2) is 29.1 Å². The van der Waals surface area contributed by atoms with E-state index in [0.717, 1.165) is 16.1 Å². The van der Waals surface area contributed by atoms with Gasteiger partial charge in [-0.15, -0.1) is 11.3 Å². The highest BCUT2D eigenvalue weighted by molar-refractivity contribution is 7.09. The van der Waals surface area contributed by atoms with E-state index in [4.69, 9.17) is 5.73 Å². The number of thiazole rings is 1. The van der Waals surface area contributed by atoms with Gasteiger partial charge in [0.15, 0.2) is 0 Å². The molecule has 2 rings (SSSR count). The molecule has 21 heavy (non-hydrogen) atoms. The second-order valence-electron chi connectivity index (χ2n) is 4.75. The number of carbonyl (C=O) groups is 1. The summed E-state index contributed by atoms with van der Waals surface area (Å²) >= 11 is 1.42. The molecule has 1 unspecified atom stereocenters. The van der Waals surface area contributed by atoms with Gasteiger partial charge in [0.2, 0.25) is 0 Å². The summed E-state index contributed by atoms with van der Waals surface area (Å²) in [5, 5.41) is 15.4. The Balaban J connectivity index is 1.92. The summed E-state index contributed by atoms with van der Waals surface area (Å²) in [7, 11) is 0. The first-order chi connectivity index (χ1) is 10.1. The molecular formula is C15H19N3O2S. The van der Waals surface area contributed by atoms with Crippen LogP contribution in [0.4, 0.5) is 0 Å². The molecule has 0 fully saturated rings. The maximum absolute atomic E-state index is 12.0. The van der Waals surface area contributed by atoms with E-state index in [1.807, 2.05) is 31.2 Å². The van der Waals surface area contributed by atoms with E-state index in [1.165, 1.54) is 11.3 Å². The molecule has 1 atom stereocenters. The van der Waals surface area contributed by atoms with Crippen LogP contribution in [0, 0.1) is 6.92 Å². The van der Waals surface area contributed by atoms with Crippen molar-refractivity contribution in [3.63, 3.8) is 0 Å². The summed E-state index contributed by atoms with van der Waals surface area (Å²) < 4.78 is 0. The Hall–Kier alpha value is -1.76. The van der Waals surface area contributed by atoms with Crippen LogP contribution in [0.1, 0.15) is 32.7 Å². The molecule has 5 nitrogen and oxygen atoms in total. The van der Waals surface area contributed by atoms with Crippen molar-refractivity contribution in [3.05, 3.63) is 51.5 Å². The lowest BCUT2D eigenvalue weighted by molar-refractivity contribution is 0.0911. The first-order valence-corrected chi connectivity index (χ1v) is 7.66. The number of nitrogens with two attached hydrogens (primary N) is 1. The minimum absolute atomic E-state index is 0.160. The molecule has 0 bridgehead atoms. The molecule has 0 radical (unpaired) electrons. The van der Waals surface area contributed by atoms with Crippen molar-refractivity contribution in [1.82, 2.24) is 10.3 Å². The topological polar surface area (TPSA) is 88.2 Å². The predicted molar refractivity (Wildman–Crippen MR) is 83.3 cm³/mol. The largest absolute Gasteiger partial charge is 0.387 e. The fourth-order valence-electron chi connectivity index (χ4n) is 2.00. The number of nitrogens with zero attached hydrogens (tertiary/aromatic N) is 1. The van der Waals surface area contributed by atoms with Crippen molar-refractivity contribution < 1.29 is 9.90 Å². The van der Waals surface area contributed by atoms with Crippen molar-refractivity contribution in [2.45, 2.75) is 19.4 Å². The molecule has 1 amide bonds. The molecule has 0 saturated carbocycles.